The maximum Gasteiger partial charge on any atom is 0.225 e. The summed E-state index contributed by atoms with van der Waals surface area (Å²) in [7, 11) is -3.15. The maximum atomic E-state index is 11.8. The maximum absolute atomic E-state index is 11.8. The average Bonchev–Trinajstić information content (AvgIpc) is 3.13. The number of aryl methyl sites for hydroxylation is 1. The third-order valence-electron chi connectivity index (χ3n) is 3.70. The summed E-state index contributed by atoms with van der Waals surface area (Å²) in [5.74, 6) is 0.725. The quantitative estimate of drug-likeness (QED) is 0.876. The lowest BCUT2D eigenvalue weighted by Gasteiger charge is -2.16. The average molecular weight is 296 g/mol. The SMILES string of the molecule is Cc1cc(CNS(=O)(=O)C2CC2)nc(N2CCCC2)n1. The summed E-state index contributed by atoms with van der Waals surface area (Å²) in [5.41, 5.74) is 1.62. The molecule has 0 bridgehead atoms. The van der Waals surface area contributed by atoms with Gasteiger partial charge in [0, 0.05) is 18.8 Å². The largest absolute Gasteiger partial charge is 0.341 e. The second kappa shape index (κ2) is 5.29. The molecule has 2 heterocycles. The molecule has 20 heavy (non-hydrogen) atoms. The van der Waals surface area contributed by atoms with E-state index < -0.39 is 10.0 Å². The van der Waals surface area contributed by atoms with Gasteiger partial charge in [0.1, 0.15) is 0 Å². The first-order chi connectivity index (χ1) is 9.54. The van der Waals surface area contributed by atoms with E-state index in [0.29, 0.717) is 0 Å². The van der Waals surface area contributed by atoms with E-state index in [4.69, 9.17) is 0 Å². The zero-order chi connectivity index (χ0) is 14.2. The molecule has 110 valence electrons. The van der Waals surface area contributed by atoms with E-state index in [-0.39, 0.29) is 11.8 Å². The van der Waals surface area contributed by atoms with E-state index in [2.05, 4.69) is 19.6 Å². The van der Waals surface area contributed by atoms with Crippen molar-refractivity contribution < 1.29 is 8.42 Å². The topological polar surface area (TPSA) is 75.2 Å². The van der Waals surface area contributed by atoms with E-state index in [1.165, 1.54) is 12.8 Å². The predicted molar refractivity (Wildman–Crippen MR) is 77.0 cm³/mol. The summed E-state index contributed by atoms with van der Waals surface area (Å²) < 4.78 is 26.3. The fourth-order valence-corrected chi connectivity index (χ4v) is 3.78. The Balaban J connectivity index is 1.72. The Morgan fingerprint density at radius 3 is 2.65 bits per heavy atom. The van der Waals surface area contributed by atoms with Crippen LogP contribution in [0, 0.1) is 6.92 Å². The van der Waals surface area contributed by atoms with Crippen LogP contribution in [0.4, 0.5) is 5.95 Å². The number of anilines is 1. The normalized spacial score (nSPS) is 19.6. The van der Waals surface area contributed by atoms with Crippen molar-refractivity contribution in [2.75, 3.05) is 18.0 Å². The van der Waals surface area contributed by atoms with Gasteiger partial charge in [-0.3, -0.25) is 0 Å². The van der Waals surface area contributed by atoms with Crippen LogP contribution in [0.5, 0.6) is 0 Å². The van der Waals surface area contributed by atoms with Crippen LogP contribution in [0.2, 0.25) is 0 Å². The molecule has 0 spiro atoms. The Kier molecular flexibility index (Phi) is 3.64. The number of sulfonamides is 1. The Labute approximate surface area is 119 Å². The summed E-state index contributed by atoms with van der Waals surface area (Å²) in [6.45, 7) is 4.14. The van der Waals surface area contributed by atoms with Crippen molar-refractivity contribution in [3.05, 3.63) is 17.5 Å². The number of hydrogen-bond acceptors (Lipinski definition) is 5. The van der Waals surface area contributed by atoms with Gasteiger partial charge in [-0.05, 0) is 38.7 Å². The van der Waals surface area contributed by atoms with Crippen molar-refractivity contribution in [3.63, 3.8) is 0 Å². The predicted octanol–water partition coefficient (Wildman–Crippen LogP) is 0.967. The van der Waals surface area contributed by atoms with Gasteiger partial charge in [0.25, 0.3) is 0 Å². The Hall–Kier alpha value is -1.21. The highest BCUT2D eigenvalue weighted by Crippen LogP contribution is 2.27. The van der Waals surface area contributed by atoms with Crippen LogP contribution in [0.25, 0.3) is 0 Å². The summed E-state index contributed by atoms with van der Waals surface area (Å²) in [4.78, 5) is 11.1. The molecule has 1 aromatic rings. The van der Waals surface area contributed by atoms with Crippen LogP contribution in [0.3, 0.4) is 0 Å². The molecule has 6 nitrogen and oxygen atoms in total. The molecule has 2 fully saturated rings. The van der Waals surface area contributed by atoms with Crippen molar-refractivity contribution in [2.24, 2.45) is 0 Å². The molecule has 2 aliphatic rings. The molecule has 0 amide bonds. The highest BCUT2D eigenvalue weighted by molar-refractivity contribution is 7.90. The minimum Gasteiger partial charge on any atom is -0.341 e. The fraction of sp³-hybridized carbons (Fsp3) is 0.692. The van der Waals surface area contributed by atoms with Crippen LogP contribution < -0.4 is 9.62 Å². The van der Waals surface area contributed by atoms with Crippen LogP contribution >= 0.6 is 0 Å². The summed E-state index contributed by atoms with van der Waals surface area (Å²) in [6.07, 6.45) is 3.89. The molecule has 0 aromatic carbocycles. The summed E-state index contributed by atoms with van der Waals surface area (Å²) in [5, 5.41) is -0.191. The second-order valence-electron chi connectivity index (χ2n) is 5.56. The Bertz CT molecular complexity index is 592. The van der Waals surface area contributed by atoms with Gasteiger partial charge in [0.2, 0.25) is 16.0 Å². The number of nitrogens with one attached hydrogen (secondary N) is 1. The monoisotopic (exact) mass is 296 g/mol. The Morgan fingerprint density at radius 1 is 1.30 bits per heavy atom. The molecular weight excluding hydrogens is 276 g/mol. The van der Waals surface area contributed by atoms with Crippen LogP contribution in [-0.2, 0) is 16.6 Å². The first kappa shape index (κ1) is 13.8. The molecule has 0 unspecified atom stereocenters. The van der Waals surface area contributed by atoms with Gasteiger partial charge in [-0.1, -0.05) is 0 Å². The number of hydrogen-bond donors (Lipinski definition) is 1. The van der Waals surface area contributed by atoms with Crippen molar-refractivity contribution in [1.82, 2.24) is 14.7 Å². The zero-order valence-corrected chi connectivity index (χ0v) is 12.5. The molecule has 7 heteroatoms. The minimum atomic E-state index is -3.15. The molecule has 1 aliphatic heterocycles. The number of aromatic nitrogens is 2. The molecule has 1 saturated carbocycles. The van der Waals surface area contributed by atoms with E-state index >= 15 is 0 Å². The lowest BCUT2D eigenvalue weighted by Crippen LogP contribution is -2.28. The lowest BCUT2D eigenvalue weighted by atomic mass is 10.3. The first-order valence-corrected chi connectivity index (χ1v) is 8.67. The summed E-state index contributed by atoms with van der Waals surface area (Å²) in [6, 6.07) is 1.84. The van der Waals surface area contributed by atoms with Crippen LogP contribution in [0.1, 0.15) is 37.1 Å². The number of rotatable bonds is 5. The second-order valence-corrected chi connectivity index (χ2v) is 7.61. The van der Waals surface area contributed by atoms with Gasteiger partial charge in [-0.15, -0.1) is 0 Å². The van der Waals surface area contributed by atoms with E-state index in [1.54, 1.807) is 0 Å². The van der Waals surface area contributed by atoms with Crippen LogP contribution in [0.15, 0.2) is 6.07 Å². The zero-order valence-electron chi connectivity index (χ0n) is 11.7. The Morgan fingerprint density at radius 2 is 2.00 bits per heavy atom. The first-order valence-electron chi connectivity index (χ1n) is 7.12. The van der Waals surface area contributed by atoms with Gasteiger partial charge in [-0.2, -0.15) is 0 Å². The molecule has 0 radical (unpaired) electrons. The van der Waals surface area contributed by atoms with E-state index in [1.807, 2.05) is 13.0 Å². The summed E-state index contributed by atoms with van der Waals surface area (Å²) >= 11 is 0. The standard InChI is InChI=1S/C13H20N4O2S/c1-10-8-11(9-14-20(18,19)12-4-5-12)16-13(15-10)17-6-2-3-7-17/h8,12,14H,2-7,9H2,1H3. The van der Waals surface area contributed by atoms with Crippen LogP contribution in [-0.4, -0.2) is 36.7 Å². The molecule has 1 aliphatic carbocycles. The molecule has 0 atom stereocenters. The van der Waals surface area contributed by atoms with Gasteiger partial charge in [0.05, 0.1) is 17.5 Å². The highest BCUT2D eigenvalue weighted by Gasteiger charge is 2.35. The molecule has 1 N–H and O–H groups in total. The molecular formula is C13H20N4O2S. The van der Waals surface area contributed by atoms with E-state index in [0.717, 1.165) is 43.3 Å². The van der Waals surface area contributed by atoms with Gasteiger partial charge >= 0.3 is 0 Å². The smallest absolute Gasteiger partial charge is 0.225 e. The van der Waals surface area contributed by atoms with Crippen molar-refractivity contribution in [3.8, 4) is 0 Å². The van der Waals surface area contributed by atoms with Gasteiger partial charge in [0.15, 0.2) is 0 Å². The van der Waals surface area contributed by atoms with Crippen molar-refractivity contribution >= 4 is 16.0 Å². The van der Waals surface area contributed by atoms with Crippen molar-refractivity contribution in [1.29, 1.82) is 0 Å². The molecule has 3 rings (SSSR count). The van der Waals surface area contributed by atoms with Gasteiger partial charge < -0.3 is 4.90 Å². The van der Waals surface area contributed by atoms with Gasteiger partial charge in [-0.25, -0.2) is 23.1 Å². The highest BCUT2D eigenvalue weighted by atomic mass is 32.2. The lowest BCUT2D eigenvalue weighted by molar-refractivity contribution is 0.579. The third-order valence-corrected chi connectivity index (χ3v) is 5.60. The third kappa shape index (κ3) is 3.09. The fourth-order valence-electron chi connectivity index (χ4n) is 2.44. The molecule has 1 saturated heterocycles. The van der Waals surface area contributed by atoms with E-state index in [9.17, 15) is 8.42 Å². The van der Waals surface area contributed by atoms with Crippen molar-refractivity contribution in [2.45, 2.75) is 44.4 Å². The molecule has 1 aromatic heterocycles. The minimum absolute atomic E-state index is 0.191. The number of nitrogens with zero attached hydrogens (tertiary/aromatic N) is 3.